The number of aliphatic hydroxyl groups is 1. The van der Waals surface area contributed by atoms with Gasteiger partial charge in [0.05, 0.1) is 6.26 Å². The van der Waals surface area contributed by atoms with Crippen LogP contribution in [0.5, 0.6) is 0 Å². The van der Waals surface area contributed by atoms with Gasteiger partial charge in [0, 0.05) is 49.1 Å². The fourth-order valence-corrected chi connectivity index (χ4v) is 4.98. The van der Waals surface area contributed by atoms with E-state index in [1.54, 1.807) is 6.26 Å². The van der Waals surface area contributed by atoms with Gasteiger partial charge in [0.2, 0.25) is 6.29 Å². The highest BCUT2D eigenvalue weighted by Crippen LogP contribution is 2.42. The molecule has 3 unspecified atom stereocenters. The third kappa shape index (κ3) is 5.02. The third-order valence-electron chi connectivity index (χ3n) is 6.64. The SMILES string of the molecule is CCOC1OC(C(=O)N2CCCCCCC2)=CC(c2coc3ccccc23)C1CCCO. The average molecular weight is 442 g/mol. The highest BCUT2D eigenvalue weighted by molar-refractivity contribution is 5.92. The van der Waals surface area contributed by atoms with Crippen LogP contribution in [0.25, 0.3) is 11.0 Å². The lowest BCUT2D eigenvalue weighted by molar-refractivity contribution is -0.170. The number of carbonyl (C=O) groups excluding carboxylic acids is 1. The lowest BCUT2D eigenvalue weighted by Gasteiger charge is -2.38. The van der Waals surface area contributed by atoms with Crippen molar-refractivity contribution in [3.8, 4) is 0 Å². The molecule has 2 aromatic rings. The molecule has 1 fully saturated rings. The average Bonchev–Trinajstić information content (AvgIpc) is 3.21. The van der Waals surface area contributed by atoms with Crippen molar-refractivity contribution in [1.29, 1.82) is 0 Å². The quantitative estimate of drug-likeness (QED) is 0.656. The van der Waals surface area contributed by atoms with Crippen LogP contribution in [0.3, 0.4) is 0 Å². The van der Waals surface area contributed by atoms with Crippen molar-refractivity contribution in [1.82, 2.24) is 4.90 Å². The molecule has 1 amide bonds. The Bertz CT molecular complexity index is 912. The van der Waals surface area contributed by atoms with Crippen LogP contribution in [0, 0.1) is 5.92 Å². The first-order chi connectivity index (χ1) is 15.7. The van der Waals surface area contributed by atoms with Crippen molar-refractivity contribution in [2.24, 2.45) is 5.92 Å². The molecule has 0 spiro atoms. The van der Waals surface area contributed by atoms with Crippen LogP contribution in [0.1, 0.15) is 63.4 Å². The van der Waals surface area contributed by atoms with Gasteiger partial charge >= 0.3 is 0 Å². The van der Waals surface area contributed by atoms with E-state index < -0.39 is 6.29 Å². The number of carbonyl (C=O) groups is 1. The molecule has 3 heterocycles. The topological polar surface area (TPSA) is 72.1 Å². The zero-order valence-electron chi connectivity index (χ0n) is 19.0. The van der Waals surface area contributed by atoms with Crippen molar-refractivity contribution >= 4 is 16.9 Å². The number of hydrogen-bond donors (Lipinski definition) is 1. The predicted octanol–water partition coefficient (Wildman–Crippen LogP) is 4.97. The van der Waals surface area contributed by atoms with Crippen LogP contribution < -0.4 is 0 Å². The summed E-state index contributed by atoms with van der Waals surface area (Å²) in [7, 11) is 0. The second-order valence-electron chi connectivity index (χ2n) is 8.78. The standard InChI is InChI=1S/C26H35NO5/c1-2-30-26-20(12-10-16-28)21(22-18-31-23-13-7-6-11-19(22)23)17-24(32-26)25(29)27-14-8-4-3-5-9-15-27/h6-7,11,13,17-18,20-21,26,28H,2-5,8-10,12,14-16H2,1H3. The molecule has 4 rings (SSSR count). The monoisotopic (exact) mass is 441 g/mol. The minimum atomic E-state index is -0.538. The van der Waals surface area contributed by atoms with E-state index >= 15 is 0 Å². The number of para-hydroxylation sites is 1. The van der Waals surface area contributed by atoms with Gasteiger partial charge in [0.15, 0.2) is 5.76 Å². The molecule has 0 aliphatic carbocycles. The van der Waals surface area contributed by atoms with Gasteiger partial charge in [-0.1, -0.05) is 37.5 Å². The van der Waals surface area contributed by atoms with Crippen LogP contribution in [0.4, 0.5) is 0 Å². The van der Waals surface area contributed by atoms with Crippen LogP contribution in [0.15, 0.2) is 46.8 Å². The first-order valence-electron chi connectivity index (χ1n) is 12.1. The first-order valence-corrected chi connectivity index (χ1v) is 12.1. The minimum Gasteiger partial charge on any atom is -0.464 e. The zero-order chi connectivity index (χ0) is 22.3. The number of hydrogen-bond acceptors (Lipinski definition) is 5. The summed E-state index contributed by atoms with van der Waals surface area (Å²) < 4.78 is 18.0. The highest BCUT2D eigenvalue weighted by Gasteiger charge is 2.39. The summed E-state index contributed by atoms with van der Waals surface area (Å²) in [6.07, 6.45) is 10.2. The molecule has 32 heavy (non-hydrogen) atoms. The number of nitrogens with zero attached hydrogens (tertiary/aromatic N) is 1. The van der Waals surface area contributed by atoms with Crippen molar-refractivity contribution in [3.63, 3.8) is 0 Å². The maximum absolute atomic E-state index is 13.5. The summed E-state index contributed by atoms with van der Waals surface area (Å²) in [4.78, 5) is 15.4. The van der Waals surface area contributed by atoms with E-state index in [0.717, 1.165) is 61.7 Å². The van der Waals surface area contributed by atoms with E-state index in [4.69, 9.17) is 13.9 Å². The summed E-state index contributed by atoms with van der Waals surface area (Å²) in [5.41, 5.74) is 1.86. The van der Waals surface area contributed by atoms with Crippen molar-refractivity contribution < 1.29 is 23.8 Å². The number of furan rings is 1. The Labute approximate surface area is 190 Å². The van der Waals surface area contributed by atoms with E-state index in [2.05, 4.69) is 6.07 Å². The number of fused-ring (bicyclic) bond motifs is 1. The number of aliphatic hydroxyl groups excluding tert-OH is 1. The van der Waals surface area contributed by atoms with Crippen LogP contribution in [-0.2, 0) is 14.3 Å². The van der Waals surface area contributed by atoms with Crippen LogP contribution in [-0.4, -0.2) is 48.5 Å². The number of rotatable bonds is 7. The molecule has 1 aromatic carbocycles. The summed E-state index contributed by atoms with van der Waals surface area (Å²) in [6.45, 7) is 4.08. The van der Waals surface area contributed by atoms with E-state index in [1.165, 1.54) is 6.42 Å². The molecular weight excluding hydrogens is 406 g/mol. The second kappa shape index (κ2) is 11.0. The number of likely N-dealkylation sites (tertiary alicyclic amines) is 1. The summed E-state index contributed by atoms with van der Waals surface area (Å²) in [5.74, 6) is 0.214. The highest BCUT2D eigenvalue weighted by atomic mass is 16.7. The molecule has 1 aromatic heterocycles. The number of amides is 1. The van der Waals surface area contributed by atoms with Gasteiger partial charge in [-0.2, -0.15) is 0 Å². The Hall–Kier alpha value is -2.31. The predicted molar refractivity (Wildman–Crippen MR) is 123 cm³/mol. The second-order valence-corrected chi connectivity index (χ2v) is 8.78. The van der Waals surface area contributed by atoms with Crippen molar-refractivity contribution in [3.05, 3.63) is 47.9 Å². The zero-order valence-corrected chi connectivity index (χ0v) is 19.0. The molecule has 6 heteroatoms. The molecular formula is C26H35NO5. The molecule has 1 saturated heterocycles. The van der Waals surface area contributed by atoms with Gasteiger partial charge in [-0.05, 0) is 44.7 Å². The smallest absolute Gasteiger partial charge is 0.288 e. The molecule has 2 aliphatic heterocycles. The summed E-state index contributed by atoms with van der Waals surface area (Å²) >= 11 is 0. The van der Waals surface area contributed by atoms with Gasteiger partial charge in [-0.3, -0.25) is 4.79 Å². The Kier molecular flexibility index (Phi) is 7.87. The normalized spacial score (nSPS) is 24.5. The molecule has 6 nitrogen and oxygen atoms in total. The number of allylic oxidation sites excluding steroid dienone is 1. The fraction of sp³-hybridized carbons (Fsp3) is 0.577. The molecule has 3 atom stereocenters. The Morgan fingerprint density at radius 2 is 1.91 bits per heavy atom. The molecule has 0 radical (unpaired) electrons. The lowest BCUT2D eigenvalue weighted by atomic mass is 9.80. The van der Waals surface area contributed by atoms with E-state index in [9.17, 15) is 9.90 Å². The number of benzene rings is 1. The fourth-order valence-electron chi connectivity index (χ4n) is 4.98. The van der Waals surface area contributed by atoms with E-state index in [0.29, 0.717) is 18.8 Å². The van der Waals surface area contributed by atoms with Crippen LogP contribution >= 0.6 is 0 Å². The van der Waals surface area contributed by atoms with E-state index in [-0.39, 0.29) is 24.3 Å². The van der Waals surface area contributed by atoms with Gasteiger partial charge < -0.3 is 23.9 Å². The molecule has 0 bridgehead atoms. The molecule has 2 aliphatic rings. The van der Waals surface area contributed by atoms with Gasteiger partial charge in [-0.15, -0.1) is 0 Å². The van der Waals surface area contributed by atoms with Gasteiger partial charge in [0.1, 0.15) is 5.58 Å². The largest absolute Gasteiger partial charge is 0.464 e. The Morgan fingerprint density at radius 3 is 2.66 bits per heavy atom. The van der Waals surface area contributed by atoms with Crippen LogP contribution in [0.2, 0.25) is 0 Å². The van der Waals surface area contributed by atoms with E-state index in [1.807, 2.05) is 36.1 Å². The molecule has 174 valence electrons. The summed E-state index contributed by atoms with van der Waals surface area (Å²) in [5, 5.41) is 10.5. The molecule has 0 saturated carbocycles. The Morgan fingerprint density at radius 1 is 1.16 bits per heavy atom. The maximum Gasteiger partial charge on any atom is 0.288 e. The van der Waals surface area contributed by atoms with Crippen molar-refractivity contribution in [2.45, 2.75) is 64.1 Å². The summed E-state index contributed by atoms with van der Waals surface area (Å²) in [6, 6.07) is 7.96. The molecule has 1 N–H and O–H groups in total. The Balaban J connectivity index is 1.70. The first kappa shape index (κ1) is 22.9. The number of ether oxygens (including phenoxy) is 2. The van der Waals surface area contributed by atoms with Gasteiger partial charge in [-0.25, -0.2) is 0 Å². The minimum absolute atomic E-state index is 0.0213. The van der Waals surface area contributed by atoms with Crippen molar-refractivity contribution in [2.75, 3.05) is 26.3 Å². The lowest BCUT2D eigenvalue weighted by Crippen LogP contribution is -2.41. The van der Waals surface area contributed by atoms with Gasteiger partial charge in [0.25, 0.3) is 5.91 Å². The maximum atomic E-state index is 13.5. The third-order valence-corrected chi connectivity index (χ3v) is 6.64.